The van der Waals surface area contributed by atoms with E-state index >= 15 is 0 Å². The molecule has 2 saturated carbocycles. The summed E-state index contributed by atoms with van der Waals surface area (Å²) in [7, 11) is -3.28. The minimum absolute atomic E-state index is 0.546. The van der Waals surface area contributed by atoms with Crippen LogP contribution in [0.25, 0.3) is 0 Å². The summed E-state index contributed by atoms with van der Waals surface area (Å²) in [4.78, 5) is 12.0. The molecule has 142 valence electrons. The van der Waals surface area contributed by atoms with Gasteiger partial charge in [0, 0.05) is 36.7 Å². The zero-order chi connectivity index (χ0) is 18.6. The fraction of sp³-hybridized carbons (Fsp3) is 0.500. The van der Waals surface area contributed by atoms with Gasteiger partial charge in [-0.2, -0.15) is 0 Å². The van der Waals surface area contributed by atoms with Crippen molar-refractivity contribution in [2.24, 2.45) is 0 Å². The van der Waals surface area contributed by atoms with Crippen LogP contribution in [-0.4, -0.2) is 31.2 Å². The molecule has 6 nitrogen and oxygen atoms in total. The van der Waals surface area contributed by atoms with Gasteiger partial charge in [0.15, 0.2) is 0 Å². The maximum atomic E-state index is 11.6. The number of aromatic nitrogens is 2. The Morgan fingerprint density at radius 1 is 1.11 bits per heavy atom. The van der Waals surface area contributed by atoms with Gasteiger partial charge in [0.05, 0.1) is 11.9 Å². The minimum Gasteiger partial charge on any atom is -0.352 e. The first-order valence-corrected chi connectivity index (χ1v) is 11.6. The van der Waals surface area contributed by atoms with Gasteiger partial charge in [-0.3, -0.25) is 4.72 Å². The van der Waals surface area contributed by atoms with Gasteiger partial charge in [0.25, 0.3) is 0 Å². The van der Waals surface area contributed by atoms with Crippen LogP contribution in [0, 0.1) is 0 Å². The van der Waals surface area contributed by atoms with Gasteiger partial charge in [-0.1, -0.05) is 12.1 Å². The molecule has 1 aromatic heterocycles. The van der Waals surface area contributed by atoms with E-state index in [4.69, 9.17) is 9.97 Å². The first-order chi connectivity index (χ1) is 13.0. The lowest BCUT2D eigenvalue weighted by molar-refractivity contribution is 0.606. The number of nitrogens with one attached hydrogen (secondary N) is 1. The van der Waals surface area contributed by atoms with E-state index in [-0.39, 0.29) is 0 Å². The predicted molar refractivity (Wildman–Crippen MR) is 106 cm³/mol. The second-order valence-electron chi connectivity index (χ2n) is 8.05. The molecule has 0 bridgehead atoms. The Labute approximate surface area is 160 Å². The highest BCUT2D eigenvalue weighted by atomic mass is 32.2. The molecule has 7 heteroatoms. The number of sulfonamides is 1. The largest absolute Gasteiger partial charge is 0.352 e. The van der Waals surface area contributed by atoms with Crippen LogP contribution in [0.5, 0.6) is 0 Å². The molecule has 2 heterocycles. The summed E-state index contributed by atoms with van der Waals surface area (Å²) in [5, 5.41) is 0. The van der Waals surface area contributed by atoms with E-state index in [0.29, 0.717) is 17.5 Å². The lowest BCUT2D eigenvalue weighted by Crippen LogP contribution is -2.32. The predicted octanol–water partition coefficient (Wildman–Crippen LogP) is 3.17. The first-order valence-electron chi connectivity index (χ1n) is 9.69. The standard InChI is InChI=1S/C20H24N4O2S/c1-27(25,26)23-17-4-2-3-15-12-24(10-9-16(15)17)19-11-18(13-5-6-13)21-20(22-19)14-7-8-14/h2-4,11,13-14,23H,5-10,12H2,1H3. The number of hydrogen-bond acceptors (Lipinski definition) is 5. The summed E-state index contributed by atoms with van der Waals surface area (Å²) >= 11 is 0. The lowest BCUT2D eigenvalue weighted by Gasteiger charge is -2.31. The molecule has 0 amide bonds. The van der Waals surface area contributed by atoms with Crippen LogP contribution in [0.2, 0.25) is 0 Å². The number of fused-ring (bicyclic) bond motifs is 1. The molecule has 27 heavy (non-hydrogen) atoms. The molecule has 1 N–H and O–H groups in total. The van der Waals surface area contributed by atoms with Crippen LogP contribution in [0.4, 0.5) is 11.5 Å². The number of anilines is 2. The molecule has 1 aromatic carbocycles. The Hall–Kier alpha value is -2.15. The van der Waals surface area contributed by atoms with Crippen molar-refractivity contribution < 1.29 is 8.42 Å². The molecular weight excluding hydrogens is 360 g/mol. The van der Waals surface area contributed by atoms with Crippen LogP contribution >= 0.6 is 0 Å². The van der Waals surface area contributed by atoms with E-state index in [2.05, 4.69) is 21.8 Å². The number of hydrogen-bond donors (Lipinski definition) is 1. The topological polar surface area (TPSA) is 75.2 Å². The average Bonchev–Trinajstić information content (AvgIpc) is 3.53. The van der Waals surface area contributed by atoms with Crippen molar-refractivity contribution in [2.45, 2.75) is 50.5 Å². The van der Waals surface area contributed by atoms with Gasteiger partial charge in [-0.15, -0.1) is 0 Å². The highest BCUT2D eigenvalue weighted by Crippen LogP contribution is 2.43. The molecule has 1 aliphatic heterocycles. The van der Waals surface area contributed by atoms with E-state index in [1.54, 1.807) is 0 Å². The first kappa shape index (κ1) is 17.0. The summed E-state index contributed by atoms with van der Waals surface area (Å²) in [6.45, 7) is 1.58. The Morgan fingerprint density at radius 3 is 2.59 bits per heavy atom. The van der Waals surface area contributed by atoms with Crippen LogP contribution in [0.1, 0.15) is 60.2 Å². The van der Waals surface area contributed by atoms with Gasteiger partial charge >= 0.3 is 0 Å². The van der Waals surface area contributed by atoms with Crippen LogP contribution in [0.15, 0.2) is 24.3 Å². The smallest absolute Gasteiger partial charge is 0.229 e. The SMILES string of the molecule is CS(=O)(=O)Nc1cccc2c1CCN(c1cc(C3CC3)nc(C3CC3)n1)C2. The molecule has 0 spiro atoms. The van der Waals surface area contributed by atoms with Gasteiger partial charge in [-0.05, 0) is 49.3 Å². The van der Waals surface area contributed by atoms with Gasteiger partial charge in [0.2, 0.25) is 10.0 Å². The number of rotatable bonds is 5. The van der Waals surface area contributed by atoms with Crippen molar-refractivity contribution in [3.05, 3.63) is 46.9 Å². The average molecular weight is 385 g/mol. The molecule has 2 aliphatic carbocycles. The Kier molecular flexibility index (Phi) is 3.89. The Bertz CT molecular complexity index is 967. The number of nitrogens with zero attached hydrogens (tertiary/aromatic N) is 3. The normalized spacial score (nSPS) is 19.7. The van der Waals surface area contributed by atoms with Gasteiger partial charge < -0.3 is 4.90 Å². The van der Waals surface area contributed by atoms with E-state index in [1.165, 1.54) is 37.6 Å². The molecule has 3 aliphatic rings. The van der Waals surface area contributed by atoms with Crippen molar-refractivity contribution in [3.63, 3.8) is 0 Å². The van der Waals surface area contributed by atoms with E-state index in [9.17, 15) is 8.42 Å². The van der Waals surface area contributed by atoms with Crippen molar-refractivity contribution in [1.29, 1.82) is 0 Å². The van der Waals surface area contributed by atoms with E-state index in [0.717, 1.165) is 42.3 Å². The summed E-state index contributed by atoms with van der Waals surface area (Å²) < 4.78 is 26.0. The molecule has 0 radical (unpaired) electrons. The molecule has 2 aromatic rings. The highest BCUT2D eigenvalue weighted by molar-refractivity contribution is 7.92. The summed E-state index contributed by atoms with van der Waals surface area (Å²) in [6.07, 6.45) is 6.89. The van der Waals surface area contributed by atoms with Crippen LogP contribution in [-0.2, 0) is 23.0 Å². The third-order valence-electron chi connectivity index (χ3n) is 5.57. The molecule has 0 saturated heterocycles. The van der Waals surface area contributed by atoms with Gasteiger partial charge in [0.1, 0.15) is 11.6 Å². The van der Waals surface area contributed by atoms with Crippen molar-refractivity contribution in [3.8, 4) is 0 Å². The Balaban J connectivity index is 1.45. The fourth-order valence-corrected chi connectivity index (χ4v) is 4.44. The van der Waals surface area contributed by atoms with E-state index in [1.807, 2.05) is 12.1 Å². The van der Waals surface area contributed by atoms with Gasteiger partial charge in [-0.25, -0.2) is 18.4 Å². The lowest BCUT2D eigenvalue weighted by atomic mass is 9.98. The molecule has 0 unspecified atom stereocenters. The van der Waals surface area contributed by atoms with Crippen molar-refractivity contribution >= 4 is 21.5 Å². The van der Waals surface area contributed by atoms with Crippen LogP contribution in [0.3, 0.4) is 0 Å². The quantitative estimate of drug-likeness (QED) is 0.857. The van der Waals surface area contributed by atoms with Crippen molar-refractivity contribution in [2.75, 3.05) is 22.4 Å². The third-order valence-corrected chi connectivity index (χ3v) is 6.16. The zero-order valence-corrected chi connectivity index (χ0v) is 16.3. The highest BCUT2D eigenvalue weighted by Gasteiger charge is 2.32. The number of benzene rings is 1. The van der Waals surface area contributed by atoms with Crippen molar-refractivity contribution in [1.82, 2.24) is 9.97 Å². The Morgan fingerprint density at radius 2 is 1.89 bits per heavy atom. The molecular formula is C20H24N4O2S. The zero-order valence-electron chi connectivity index (χ0n) is 15.5. The summed E-state index contributed by atoms with van der Waals surface area (Å²) in [5.41, 5.74) is 4.17. The molecule has 5 rings (SSSR count). The summed E-state index contributed by atoms with van der Waals surface area (Å²) in [6, 6.07) is 8.02. The summed E-state index contributed by atoms with van der Waals surface area (Å²) in [5.74, 6) is 3.21. The van der Waals surface area contributed by atoms with E-state index < -0.39 is 10.0 Å². The molecule has 2 fully saturated rings. The van der Waals surface area contributed by atoms with Crippen LogP contribution < -0.4 is 9.62 Å². The third kappa shape index (κ3) is 3.65. The monoisotopic (exact) mass is 384 g/mol. The maximum absolute atomic E-state index is 11.6. The maximum Gasteiger partial charge on any atom is 0.229 e. The second-order valence-corrected chi connectivity index (χ2v) is 9.80. The molecule has 0 atom stereocenters. The fourth-order valence-electron chi connectivity index (χ4n) is 3.85. The second kappa shape index (κ2) is 6.19. The minimum atomic E-state index is -3.28.